The van der Waals surface area contributed by atoms with Crippen LogP contribution < -0.4 is 4.74 Å². The molecule has 5 nitrogen and oxygen atoms in total. The molecule has 1 atom stereocenters. The molecule has 5 heteroatoms. The highest BCUT2D eigenvalue weighted by molar-refractivity contribution is 5.26. The van der Waals surface area contributed by atoms with Gasteiger partial charge in [-0.1, -0.05) is 19.1 Å². The van der Waals surface area contributed by atoms with E-state index in [4.69, 9.17) is 14.2 Å². The molecule has 23 heavy (non-hydrogen) atoms. The molecule has 0 radical (unpaired) electrons. The average molecular weight is 325 g/mol. The van der Waals surface area contributed by atoms with E-state index in [1.165, 1.54) is 0 Å². The van der Waals surface area contributed by atoms with Gasteiger partial charge in [-0.3, -0.25) is 0 Å². The molecule has 0 heterocycles. The molecule has 0 saturated heterocycles. The van der Waals surface area contributed by atoms with Gasteiger partial charge < -0.3 is 24.2 Å². The van der Waals surface area contributed by atoms with E-state index in [-0.39, 0.29) is 6.10 Å². The lowest BCUT2D eigenvalue weighted by Crippen LogP contribution is -2.32. The molecule has 0 aliphatic heterocycles. The van der Waals surface area contributed by atoms with Crippen molar-refractivity contribution in [2.24, 2.45) is 0 Å². The van der Waals surface area contributed by atoms with Crippen molar-refractivity contribution in [2.75, 3.05) is 40.0 Å². The van der Waals surface area contributed by atoms with Gasteiger partial charge >= 0.3 is 0 Å². The first-order valence-electron chi connectivity index (χ1n) is 8.29. The predicted molar refractivity (Wildman–Crippen MR) is 91.9 cm³/mol. The molecule has 0 saturated carbocycles. The Labute approximate surface area is 140 Å². The van der Waals surface area contributed by atoms with Gasteiger partial charge in [-0.05, 0) is 45.1 Å². The van der Waals surface area contributed by atoms with E-state index in [2.05, 4.69) is 11.8 Å². The van der Waals surface area contributed by atoms with E-state index in [1.807, 2.05) is 45.2 Å². The minimum Gasteiger partial charge on any atom is -0.491 e. The van der Waals surface area contributed by atoms with Crippen LogP contribution in [0.4, 0.5) is 0 Å². The van der Waals surface area contributed by atoms with Gasteiger partial charge in [-0.15, -0.1) is 0 Å². The average Bonchev–Trinajstić information content (AvgIpc) is 2.53. The Morgan fingerprint density at radius 3 is 2.43 bits per heavy atom. The summed E-state index contributed by atoms with van der Waals surface area (Å²) >= 11 is 0. The van der Waals surface area contributed by atoms with Crippen molar-refractivity contribution in [3.05, 3.63) is 29.8 Å². The maximum absolute atomic E-state index is 9.87. The van der Waals surface area contributed by atoms with Crippen molar-refractivity contribution in [1.29, 1.82) is 0 Å². The van der Waals surface area contributed by atoms with E-state index in [1.54, 1.807) is 0 Å². The van der Waals surface area contributed by atoms with Gasteiger partial charge in [0.1, 0.15) is 18.5 Å². The molecule has 1 unspecified atom stereocenters. The van der Waals surface area contributed by atoms with Gasteiger partial charge in [-0.2, -0.15) is 0 Å². The number of nitrogens with zero attached hydrogens (tertiary/aromatic N) is 1. The topological polar surface area (TPSA) is 51.2 Å². The SMILES string of the molecule is CCN(C)CC(O)COc1ccc(COCCOC(C)C)cc1. The molecule has 0 spiro atoms. The molecule has 0 amide bonds. The molecular formula is C18H31NO4. The van der Waals surface area contributed by atoms with Crippen molar-refractivity contribution in [3.63, 3.8) is 0 Å². The Bertz CT molecular complexity index is 408. The summed E-state index contributed by atoms with van der Waals surface area (Å²) in [6.07, 6.45) is -0.244. The third-order valence-corrected chi connectivity index (χ3v) is 3.38. The summed E-state index contributed by atoms with van der Waals surface area (Å²) in [5.41, 5.74) is 1.09. The lowest BCUT2D eigenvalue weighted by Gasteiger charge is -2.19. The van der Waals surface area contributed by atoms with Crippen LogP contribution in [-0.4, -0.2) is 62.2 Å². The van der Waals surface area contributed by atoms with Crippen molar-refractivity contribution >= 4 is 0 Å². The van der Waals surface area contributed by atoms with E-state index in [0.29, 0.717) is 33.0 Å². The molecule has 0 aliphatic rings. The molecule has 1 rings (SSSR count). The highest BCUT2D eigenvalue weighted by atomic mass is 16.5. The van der Waals surface area contributed by atoms with Gasteiger partial charge in [0.25, 0.3) is 0 Å². The number of rotatable bonds is 12. The lowest BCUT2D eigenvalue weighted by atomic mass is 10.2. The van der Waals surface area contributed by atoms with Crippen LogP contribution in [-0.2, 0) is 16.1 Å². The molecule has 0 bridgehead atoms. The molecule has 0 aliphatic carbocycles. The molecule has 1 aromatic rings. The Balaban J connectivity index is 2.22. The maximum atomic E-state index is 9.87. The highest BCUT2D eigenvalue weighted by Gasteiger charge is 2.08. The zero-order chi connectivity index (χ0) is 17.1. The quantitative estimate of drug-likeness (QED) is 0.598. The number of hydrogen-bond acceptors (Lipinski definition) is 5. The van der Waals surface area contributed by atoms with Crippen LogP contribution in [0.2, 0.25) is 0 Å². The standard InChI is InChI=1S/C18H31NO4/c1-5-19(4)12-17(20)14-23-18-8-6-16(7-9-18)13-21-10-11-22-15(2)3/h6-9,15,17,20H,5,10-14H2,1-4H3. The van der Waals surface area contributed by atoms with Crippen molar-refractivity contribution < 1.29 is 19.3 Å². The van der Waals surface area contributed by atoms with Gasteiger partial charge in [0, 0.05) is 6.54 Å². The highest BCUT2D eigenvalue weighted by Crippen LogP contribution is 2.13. The zero-order valence-electron chi connectivity index (χ0n) is 14.8. The summed E-state index contributed by atoms with van der Waals surface area (Å²) in [5.74, 6) is 0.759. The molecule has 0 fully saturated rings. The fourth-order valence-electron chi connectivity index (χ4n) is 1.95. The predicted octanol–water partition coefficient (Wildman–Crippen LogP) is 2.32. The molecule has 1 aromatic carbocycles. The van der Waals surface area contributed by atoms with Crippen molar-refractivity contribution in [2.45, 2.75) is 39.6 Å². The third-order valence-electron chi connectivity index (χ3n) is 3.38. The summed E-state index contributed by atoms with van der Waals surface area (Å²) in [7, 11) is 1.98. The number of aliphatic hydroxyl groups is 1. The van der Waals surface area contributed by atoms with Crippen molar-refractivity contribution in [1.82, 2.24) is 4.90 Å². The summed E-state index contributed by atoms with van der Waals surface area (Å²) in [5, 5.41) is 9.87. The van der Waals surface area contributed by atoms with Crippen LogP contribution in [0.25, 0.3) is 0 Å². The van der Waals surface area contributed by atoms with Crippen LogP contribution in [0, 0.1) is 0 Å². The van der Waals surface area contributed by atoms with Gasteiger partial charge in [0.2, 0.25) is 0 Å². The fourth-order valence-corrected chi connectivity index (χ4v) is 1.95. The minimum absolute atomic E-state index is 0.238. The number of aliphatic hydroxyl groups excluding tert-OH is 1. The summed E-state index contributed by atoms with van der Waals surface area (Å²) < 4.78 is 16.6. The number of likely N-dealkylation sites (N-methyl/N-ethyl adjacent to an activating group) is 1. The zero-order valence-corrected chi connectivity index (χ0v) is 14.8. The van der Waals surface area contributed by atoms with Crippen LogP contribution in [0.15, 0.2) is 24.3 Å². The van der Waals surface area contributed by atoms with Crippen LogP contribution in [0.1, 0.15) is 26.3 Å². The summed E-state index contributed by atoms with van der Waals surface area (Å²) in [6.45, 7) is 9.67. The smallest absolute Gasteiger partial charge is 0.119 e. The van der Waals surface area contributed by atoms with E-state index in [9.17, 15) is 5.11 Å². The largest absolute Gasteiger partial charge is 0.491 e. The Hall–Kier alpha value is -1.14. The first-order chi connectivity index (χ1) is 11.0. The Morgan fingerprint density at radius 2 is 1.83 bits per heavy atom. The molecular weight excluding hydrogens is 294 g/mol. The van der Waals surface area contributed by atoms with Gasteiger partial charge in [0.15, 0.2) is 0 Å². The van der Waals surface area contributed by atoms with Crippen molar-refractivity contribution in [3.8, 4) is 5.75 Å². The second-order valence-corrected chi connectivity index (χ2v) is 5.94. The van der Waals surface area contributed by atoms with Gasteiger partial charge in [0.05, 0.1) is 25.9 Å². The monoisotopic (exact) mass is 325 g/mol. The van der Waals surface area contributed by atoms with Crippen LogP contribution in [0.3, 0.4) is 0 Å². The van der Waals surface area contributed by atoms with Crippen LogP contribution in [0.5, 0.6) is 5.75 Å². The summed E-state index contributed by atoms with van der Waals surface area (Å²) in [4.78, 5) is 2.05. The normalized spacial score (nSPS) is 12.8. The van der Waals surface area contributed by atoms with E-state index < -0.39 is 6.10 Å². The third kappa shape index (κ3) is 9.56. The fraction of sp³-hybridized carbons (Fsp3) is 0.667. The Kier molecular flexibility index (Phi) is 9.87. The lowest BCUT2D eigenvalue weighted by molar-refractivity contribution is 0.0143. The second-order valence-electron chi connectivity index (χ2n) is 5.94. The minimum atomic E-state index is -0.482. The van der Waals surface area contributed by atoms with Gasteiger partial charge in [-0.25, -0.2) is 0 Å². The molecule has 1 N–H and O–H groups in total. The van der Waals surface area contributed by atoms with E-state index >= 15 is 0 Å². The maximum Gasteiger partial charge on any atom is 0.119 e. The Morgan fingerprint density at radius 1 is 1.13 bits per heavy atom. The second kappa shape index (κ2) is 11.4. The number of benzene rings is 1. The number of hydrogen-bond donors (Lipinski definition) is 1. The molecule has 0 aromatic heterocycles. The molecule has 132 valence electrons. The van der Waals surface area contributed by atoms with E-state index in [0.717, 1.165) is 17.9 Å². The van der Waals surface area contributed by atoms with Crippen LogP contribution >= 0.6 is 0 Å². The first-order valence-corrected chi connectivity index (χ1v) is 8.29. The summed E-state index contributed by atoms with van der Waals surface area (Å²) in [6, 6.07) is 7.76. The number of ether oxygens (including phenoxy) is 3. The first kappa shape index (κ1) is 19.9.